The summed E-state index contributed by atoms with van der Waals surface area (Å²) in [4.78, 5) is 26.8. The summed E-state index contributed by atoms with van der Waals surface area (Å²) in [5.41, 5.74) is 1.55. The van der Waals surface area contributed by atoms with Gasteiger partial charge in [-0.3, -0.25) is 14.5 Å². The van der Waals surface area contributed by atoms with Gasteiger partial charge >= 0.3 is 5.97 Å². The molecule has 1 saturated heterocycles. The maximum atomic E-state index is 12.4. The number of rotatable bonds is 4. The Morgan fingerprint density at radius 3 is 2.48 bits per heavy atom. The van der Waals surface area contributed by atoms with Crippen molar-refractivity contribution in [3.05, 3.63) is 34.3 Å². The Balaban J connectivity index is 1.90. The fraction of sp³-hybridized carbons (Fsp3) is 0.467. The number of hydrogen-bond donors (Lipinski definition) is 1. The molecule has 21 heavy (non-hydrogen) atoms. The molecule has 6 heteroatoms. The third-order valence-electron chi connectivity index (χ3n) is 3.72. The third kappa shape index (κ3) is 4.19. The van der Waals surface area contributed by atoms with Crippen LogP contribution in [0.1, 0.15) is 22.3 Å². The molecule has 0 saturated carbocycles. The van der Waals surface area contributed by atoms with Crippen LogP contribution >= 0.6 is 11.6 Å². The van der Waals surface area contributed by atoms with Crippen LogP contribution in [0, 0.1) is 6.92 Å². The van der Waals surface area contributed by atoms with Gasteiger partial charge in [0.1, 0.15) is 0 Å². The minimum atomic E-state index is -0.789. The zero-order valence-electron chi connectivity index (χ0n) is 12.0. The highest BCUT2D eigenvalue weighted by Crippen LogP contribution is 2.18. The zero-order chi connectivity index (χ0) is 15.4. The van der Waals surface area contributed by atoms with E-state index in [0.29, 0.717) is 43.3 Å². The Kier molecular flexibility index (Phi) is 5.20. The summed E-state index contributed by atoms with van der Waals surface area (Å²) in [6, 6.07) is 5.34. The molecule has 1 fully saturated rings. The number of carbonyl (C=O) groups is 2. The number of carboxylic acid groups (broad SMARTS) is 1. The Labute approximate surface area is 129 Å². The molecule has 0 atom stereocenters. The van der Waals surface area contributed by atoms with E-state index >= 15 is 0 Å². The van der Waals surface area contributed by atoms with Crippen molar-refractivity contribution >= 4 is 23.5 Å². The van der Waals surface area contributed by atoms with Crippen LogP contribution in [-0.4, -0.2) is 59.5 Å². The molecule has 0 radical (unpaired) electrons. The number of aliphatic carboxylic acids is 1. The monoisotopic (exact) mass is 310 g/mol. The van der Waals surface area contributed by atoms with Gasteiger partial charge in [0.2, 0.25) is 0 Å². The second-order valence-electron chi connectivity index (χ2n) is 5.24. The smallest absolute Gasteiger partial charge is 0.304 e. The van der Waals surface area contributed by atoms with Crippen molar-refractivity contribution in [2.45, 2.75) is 13.3 Å². The first-order valence-electron chi connectivity index (χ1n) is 6.97. The summed E-state index contributed by atoms with van der Waals surface area (Å²) in [7, 11) is 0. The number of aryl methyl sites for hydroxylation is 1. The summed E-state index contributed by atoms with van der Waals surface area (Å²) in [5.74, 6) is -0.808. The molecule has 1 aromatic rings. The lowest BCUT2D eigenvalue weighted by Gasteiger charge is -2.34. The molecule has 1 aliphatic heterocycles. The minimum absolute atomic E-state index is 0.0187. The first-order valence-corrected chi connectivity index (χ1v) is 7.35. The predicted molar refractivity (Wildman–Crippen MR) is 80.8 cm³/mol. The van der Waals surface area contributed by atoms with E-state index in [2.05, 4.69) is 4.90 Å². The molecule has 1 amide bonds. The lowest BCUT2D eigenvalue weighted by Crippen LogP contribution is -2.49. The van der Waals surface area contributed by atoms with Crippen molar-refractivity contribution in [1.82, 2.24) is 9.80 Å². The van der Waals surface area contributed by atoms with Gasteiger partial charge in [-0.2, -0.15) is 0 Å². The molecule has 1 aliphatic rings. The van der Waals surface area contributed by atoms with Crippen molar-refractivity contribution in [3.63, 3.8) is 0 Å². The lowest BCUT2D eigenvalue weighted by atomic mass is 10.1. The number of carboxylic acids is 1. The van der Waals surface area contributed by atoms with Crippen LogP contribution in [0.2, 0.25) is 5.02 Å². The maximum Gasteiger partial charge on any atom is 0.304 e. The average molecular weight is 311 g/mol. The normalized spacial score (nSPS) is 16.0. The average Bonchev–Trinajstić information content (AvgIpc) is 2.48. The van der Waals surface area contributed by atoms with Crippen LogP contribution in [0.25, 0.3) is 0 Å². The van der Waals surface area contributed by atoms with E-state index in [0.717, 1.165) is 5.56 Å². The molecule has 0 aliphatic carbocycles. The predicted octanol–water partition coefficient (Wildman–Crippen LogP) is 1.88. The molecule has 2 rings (SSSR count). The number of piperazine rings is 1. The summed E-state index contributed by atoms with van der Waals surface area (Å²) >= 11 is 6.06. The Bertz CT molecular complexity index is 540. The molecule has 1 aromatic carbocycles. The molecule has 0 aromatic heterocycles. The number of benzene rings is 1. The number of carbonyl (C=O) groups excluding carboxylic acids is 1. The highest BCUT2D eigenvalue weighted by atomic mass is 35.5. The maximum absolute atomic E-state index is 12.4. The van der Waals surface area contributed by atoms with Crippen LogP contribution < -0.4 is 0 Å². The van der Waals surface area contributed by atoms with E-state index in [9.17, 15) is 9.59 Å². The molecule has 114 valence electrons. The van der Waals surface area contributed by atoms with Gasteiger partial charge in [-0.15, -0.1) is 0 Å². The largest absolute Gasteiger partial charge is 0.481 e. The van der Waals surface area contributed by atoms with E-state index in [1.54, 1.807) is 17.0 Å². The SMILES string of the molecule is Cc1ccc(C(=O)N2CCN(CCC(=O)O)CC2)cc1Cl. The minimum Gasteiger partial charge on any atom is -0.481 e. The highest BCUT2D eigenvalue weighted by molar-refractivity contribution is 6.31. The van der Waals surface area contributed by atoms with Crippen LogP contribution in [0.3, 0.4) is 0 Å². The fourth-order valence-electron chi connectivity index (χ4n) is 2.34. The van der Waals surface area contributed by atoms with Gasteiger partial charge in [-0.1, -0.05) is 17.7 Å². The molecular formula is C15H19ClN2O3. The van der Waals surface area contributed by atoms with Gasteiger partial charge in [-0.05, 0) is 24.6 Å². The second-order valence-corrected chi connectivity index (χ2v) is 5.65. The number of halogens is 1. The van der Waals surface area contributed by atoms with Crippen LogP contribution in [0.4, 0.5) is 0 Å². The van der Waals surface area contributed by atoms with E-state index in [4.69, 9.17) is 16.7 Å². The topological polar surface area (TPSA) is 60.9 Å². The van der Waals surface area contributed by atoms with Gasteiger partial charge in [0.25, 0.3) is 5.91 Å². The van der Waals surface area contributed by atoms with Gasteiger partial charge in [0, 0.05) is 43.3 Å². The van der Waals surface area contributed by atoms with Crippen LogP contribution in [0.5, 0.6) is 0 Å². The summed E-state index contributed by atoms with van der Waals surface area (Å²) in [6.07, 6.45) is 0.140. The number of hydrogen-bond acceptors (Lipinski definition) is 3. The molecule has 0 bridgehead atoms. The van der Waals surface area contributed by atoms with Crippen molar-refractivity contribution in [3.8, 4) is 0 Å². The van der Waals surface area contributed by atoms with Gasteiger partial charge in [0.05, 0.1) is 6.42 Å². The van der Waals surface area contributed by atoms with E-state index < -0.39 is 5.97 Å². The summed E-state index contributed by atoms with van der Waals surface area (Å²) in [6.45, 7) is 5.08. The molecule has 0 spiro atoms. The molecule has 1 heterocycles. The highest BCUT2D eigenvalue weighted by Gasteiger charge is 2.22. The molecule has 0 unspecified atom stereocenters. The number of nitrogens with zero attached hydrogens (tertiary/aromatic N) is 2. The van der Waals surface area contributed by atoms with E-state index in [1.165, 1.54) is 0 Å². The van der Waals surface area contributed by atoms with Gasteiger partial charge < -0.3 is 10.0 Å². The first-order chi connectivity index (χ1) is 9.97. The third-order valence-corrected chi connectivity index (χ3v) is 4.13. The standard InChI is InChI=1S/C15H19ClN2O3/c1-11-2-3-12(10-13(11)16)15(21)18-8-6-17(7-9-18)5-4-14(19)20/h2-3,10H,4-9H2,1H3,(H,19,20). The van der Waals surface area contributed by atoms with Gasteiger partial charge in [-0.25, -0.2) is 0 Å². The first kappa shape index (κ1) is 15.8. The van der Waals surface area contributed by atoms with Crippen molar-refractivity contribution in [2.75, 3.05) is 32.7 Å². The van der Waals surface area contributed by atoms with Crippen molar-refractivity contribution in [1.29, 1.82) is 0 Å². The quantitative estimate of drug-likeness (QED) is 0.922. The van der Waals surface area contributed by atoms with Crippen LogP contribution in [-0.2, 0) is 4.79 Å². The lowest BCUT2D eigenvalue weighted by molar-refractivity contribution is -0.137. The zero-order valence-corrected chi connectivity index (χ0v) is 12.8. The summed E-state index contributed by atoms with van der Waals surface area (Å²) < 4.78 is 0. The van der Waals surface area contributed by atoms with Crippen molar-refractivity contribution in [2.24, 2.45) is 0 Å². The van der Waals surface area contributed by atoms with Crippen molar-refractivity contribution < 1.29 is 14.7 Å². The van der Waals surface area contributed by atoms with E-state index in [-0.39, 0.29) is 12.3 Å². The van der Waals surface area contributed by atoms with E-state index in [1.807, 2.05) is 13.0 Å². The number of amides is 1. The Hall–Kier alpha value is -1.59. The Morgan fingerprint density at radius 1 is 1.24 bits per heavy atom. The second kappa shape index (κ2) is 6.91. The fourth-order valence-corrected chi connectivity index (χ4v) is 2.52. The Morgan fingerprint density at radius 2 is 1.90 bits per heavy atom. The van der Waals surface area contributed by atoms with Gasteiger partial charge in [0.15, 0.2) is 0 Å². The summed E-state index contributed by atoms with van der Waals surface area (Å²) in [5, 5.41) is 9.28. The molecular weight excluding hydrogens is 292 g/mol. The van der Waals surface area contributed by atoms with Crippen LogP contribution in [0.15, 0.2) is 18.2 Å². The molecule has 5 nitrogen and oxygen atoms in total. The molecule has 1 N–H and O–H groups in total.